The van der Waals surface area contributed by atoms with Crippen molar-refractivity contribution < 1.29 is 0 Å². The lowest BCUT2D eigenvalue weighted by molar-refractivity contribution is 0.312. The SMILES string of the molecule is CN1CCN(c2nc(Cl)nc3sccc23)CC1. The summed E-state index contributed by atoms with van der Waals surface area (Å²) in [5.74, 6) is 0.981. The first-order valence-corrected chi connectivity index (χ1v) is 6.84. The summed E-state index contributed by atoms with van der Waals surface area (Å²) in [6.45, 7) is 4.12. The summed E-state index contributed by atoms with van der Waals surface area (Å²) in [6, 6.07) is 2.07. The molecule has 1 aliphatic heterocycles. The van der Waals surface area contributed by atoms with E-state index in [0.29, 0.717) is 5.28 Å². The number of thiophene rings is 1. The number of hydrogen-bond donors (Lipinski definition) is 0. The van der Waals surface area contributed by atoms with Gasteiger partial charge in [0.05, 0.1) is 5.39 Å². The van der Waals surface area contributed by atoms with Crippen LogP contribution in [0.3, 0.4) is 0 Å². The highest BCUT2D eigenvalue weighted by atomic mass is 35.5. The molecule has 0 radical (unpaired) electrons. The molecule has 0 aromatic carbocycles. The van der Waals surface area contributed by atoms with E-state index in [0.717, 1.165) is 42.2 Å². The number of rotatable bonds is 1. The van der Waals surface area contributed by atoms with E-state index in [1.165, 1.54) is 0 Å². The largest absolute Gasteiger partial charge is 0.353 e. The molecule has 0 amide bonds. The molecule has 0 saturated carbocycles. The maximum atomic E-state index is 5.98. The third-order valence-electron chi connectivity index (χ3n) is 3.08. The van der Waals surface area contributed by atoms with Crippen LogP contribution < -0.4 is 4.90 Å². The highest BCUT2D eigenvalue weighted by molar-refractivity contribution is 7.16. The number of hydrogen-bond acceptors (Lipinski definition) is 5. The molecule has 0 bridgehead atoms. The van der Waals surface area contributed by atoms with Crippen molar-refractivity contribution in [3.8, 4) is 0 Å². The van der Waals surface area contributed by atoms with Crippen molar-refractivity contribution in [2.45, 2.75) is 0 Å². The Labute approximate surface area is 109 Å². The Kier molecular flexibility index (Phi) is 2.90. The minimum absolute atomic E-state index is 0.342. The van der Waals surface area contributed by atoms with Crippen LogP contribution in [0.25, 0.3) is 10.2 Å². The second-order valence-electron chi connectivity index (χ2n) is 4.25. The number of fused-ring (bicyclic) bond motifs is 1. The van der Waals surface area contributed by atoms with Crippen LogP contribution in [-0.4, -0.2) is 48.1 Å². The van der Waals surface area contributed by atoms with Crippen molar-refractivity contribution in [3.63, 3.8) is 0 Å². The molecular weight excluding hydrogens is 256 g/mol. The van der Waals surface area contributed by atoms with Gasteiger partial charge in [-0.25, -0.2) is 4.98 Å². The molecule has 4 nitrogen and oxygen atoms in total. The lowest BCUT2D eigenvalue weighted by Crippen LogP contribution is -2.44. The monoisotopic (exact) mass is 268 g/mol. The zero-order valence-corrected chi connectivity index (χ0v) is 11.1. The molecule has 90 valence electrons. The van der Waals surface area contributed by atoms with Crippen molar-refractivity contribution in [1.29, 1.82) is 0 Å². The van der Waals surface area contributed by atoms with Gasteiger partial charge in [-0.2, -0.15) is 4.98 Å². The number of likely N-dealkylation sites (N-methyl/N-ethyl adjacent to an activating group) is 1. The van der Waals surface area contributed by atoms with E-state index in [4.69, 9.17) is 11.6 Å². The zero-order valence-electron chi connectivity index (χ0n) is 9.56. The second-order valence-corrected chi connectivity index (χ2v) is 5.48. The number of nitrogens with zero attached hydrogens (tertiary/aromatic N) is 4. The summed E-state index contributed by atoms with van der Waals surface area (Å²) < 4.78 is 0. The number of anilines is 1. The molecule has 0 unspecified atom stereocenters. The van der Waals surface area contributed by atoms with Crippen molar-refractivity contribution in [2.24, 2.45) is 0 Å². The third-order valence-corrected chi connectivity index (χ3v) is 4.06. The van der Waals surface area contributed by atoms with Gasteiger partial charge >= 0.3 is 0 Å². The number of piperazine rings is 1. The fourth-order valence-electron chi connectivity index (χ4n) is 2.07. The first kappa shape index (κ1) is 11.2. The van der Waals surface area contributed by atoms with Gasteiger partial charge in [0.1, 0.15) is 10.6 Å². The highest BCUT2D eigenvalue weighted by Gasteiger charge is 2.19. The molecule has 2 aromatic heterocycles. The Morgan fingerprint density at radius 3 is 2.76 bits per heavy atom. The van der Waals surface area contributed by atoms with Crippen LogP contribution in [0.2, 0.25) is 5.28 Å². The van der Waals surface area contributed by atoms with Gasteiger partial charge in [-0.15, -0.1) is 11.3 Å². The Hall–Kier alpha value is -0.910. The Morgan fingerprint density at radius 2 is 2.00 bits per heavy atom. The van der Waals surface area contributed by atoms with E-state index in [2.05, 4.69) is 32.9 Å². The predicted molar refractivity (Wildman–Crippen MR) is 72.1 cm³/mol. The van der Waals surface area contributed by atoms with Gasteiger partial charge in [0, 0.05) is 26.2 Å². The van der Waals surface area contributed by atoms with E-state index in [1.807, 2.05) is 5.38 Å². The highest BCUT2D eigenvalue weighted by Crippen LogP contribution is 2.29. The van der Waals surface area contributed by atoms with Crippen LogP contribution in [0.1, 0.15) is 0 Å². The standard InChI is InChI=1S/C11H13ClN4S/c1-15-3-5-16(6-4-15)9-8-2-7-17-10(8)14-11(12)13-9/h2,7H,3-6H2,1H3. The fourth-order valence-corrected chi connectivity index (χ4v) is 3.05. The van der Waals surface area contributed by atoms with Crippen LogP contribution in [0.15, 0.2) is 11.4 Å². The molecule has 1 aliphatic rings. The smallest absolute Gasteiger partial charge is 0.225 e. The summed E-state index contributed by atoms with van der Waals surface area (Å²) >= 11 is 7.58. The molecule has 1 fully saturated rings. The van der Waals surface area contributed by atoms with Crippen LogP contribution in [-0.2, 0) is 0 Å². The molecule has 0 aliphatic carbocycles. The minimum Gasteiger partial charge on any atom is -0.353 e. The van der Waals surface area contributed by atoms with E-state index in [-0.39, 0.29) is 0 Å². The molecular formula is C11H13ClN4S. The second kappa shape index (κ2) is 4.40. The first-order chi connectivity index (χ1) is 8.24. The molecule has 3 rings (SSSR count). The van der Waals surface area contributed by atoms with Crippen molar-refractivity contribution in [2.75, 3.05) is 38.1 Å². The predicted octanol–water partition coefficient (Wildman–Crippen LogP) is 2.10. The third kappa shape index (κ3) is 2.10. The molecule has 0 N–H and O–H groups in total. The molecule has 0 atom stereocenters. The maximum Gasteiger partial charge on any atom is 0.225 e. The summed E-state index contributed by atoms with van der Waals surface area (Å²) in [5.41, 5.74) is 0. The van der Waals surface area contributed by atoms with Gasteiger partial charge in [-0.05, 0) is 30.1 Å². The fraction of sp³-hybridized carbons (Fsp3) is 0.455. The van der Waals surface area contributed by atoms with Crippen LogP contribution >= 0.6 is 22.9 Å². The molecule has 2 aromatic rings. The number of aromatic nitrogens is 2. The van der Waals surface area contributed by atoms with E-state index < -0.39 is 0 Å². The summed E-state index contributed by atoms with van der Waals surface area (Å²) in [7, 11) is 2.14. The van der Waals surface area contributed by atoms with Crippen LogP contribution in [0, 0.1) is 0 Å². The van der Waals surface area contributed by atoms with Gasteiger partial charge in [0.25, 0.3) is 0 Å². The number of halogens is 1. The average Bonchev–Trinajstić information content (AvgIpc) is 2.77. The van der Waals surface area contributed by atoms with Gasteiger partial charge in [-0.3, -0.25) is 0 Å². The lowest BCUT2D eigenvalue weighted by Gasteiger charge is -2.33. The Balaban J connectivity index is 2.01. The first-order valence-electron chi connectivity index (χ1n) is 5.58. The van der Waals surface area contributed by atoms with Gasteiger partial charge < -0.3 is 9.80 Å². The van der Waals surface area contributed by atoms with E-state index >= 15 is 0 Å². The maximum absolute atomic E-state index is 5.98. The Morgan fingerprint density at radius 1 is 1.24 bits per heavy atom. The van der Waals surface area contributed by atoms with Gasteiger partial charge in [-0.1, -0.05) is 0 Å². The molecule has 17 heavy (non-hydrogen) atoms. The quantitative estimate of drug-likeness (QED) is 0.742. The van der Waals surface area contributed by atoms with E-state index in [9.17, 15) is 0 Å². The van der Waals surface area contributed by atoms with Gasteiger partial charge in [0.2, 0.25) is 5.28 Å². The van der Waals surface area contributed by atoms with Crippen LogP contribution in [0.4, 0.5) is 5.82 Å². The van der Waals surface area contributed by atoms with E-state index in [1.54, 1.807) is 11.3 Å². The lowest BCUT2D eigenvalue weighted by atomic mass is 10.3. The normalized spacial score (nSPS) is 17.9. The van der Waals surface area contributed by atoms with Crippen LogP contribution in [0.5, 0.6) is 0 Å². The topological polar surface area (TPSA) is 32.3 Å². The molecule has 1 saturated heterocycles. The van der Waals surface area contributed by atoms with Crippen molar-refractivity contribution in [1.82, 2.24) is 14.9 Å². The van der Waals surface area contributed by atoms with Crippen molar-refractivity contribution >= 4 is 39.0 Å². The zero-order chi connectivity index (χ0) is 11.8. The molecule has 0 spiro atoms. The van der Waals surface area contributed by atoms with Gasteiger partial charge in [0.15, 0.2) is 0 Å². The molecule has 6 heteroatoms. The summed E-state index contributed by atoms with van der Waals surface area (Å²) in [4.78, 5) is 14.2. The minimum atomic E-state index is 0.342. The molecule has 3 heterocycles. The average molecular weight is 269 g/mol. The van der Waals surface area contributed by atoms with Crippen molar-refractivity contribution in [3.05, 3.63) is 16.7 Å². The summed E-state index contributed by atoms with van der Waals surface area (Å²) in [5, 5.41) is 3.49. The summed E-state index contributed by atoms with van der Waals surface area (Å²) in [6.07, 6.45) is 0. The Bertz CT molecular complexity index is 533.